The second kappa shape index (κ2) is 3.72. The minimum atomic E-state index is 0.115. The summed E-state index contributed by atoms with van der Waals surface area (Å²) in [6, 6.07) is 0. The lowest BCUT2D eigenvalue weighted by Gasteiger charge is -2.35. The Hall–Kier alpha value is -0.830. The van der Waals surface area contributed by atoms with E-state index in [9.17, 15) is 4.79 Å². The van der Waals surface area contributed by atoms with Gasteiger partial charge in [-0.05, 0) is 26.9 Å². The van der Waals surface area contributed by atoms with Gasteiger partial charge in [-0.15, -0.1) is 0 Å². The number of carbonyl (C=O) groups excluding carboxylic acids is 1. The van der Waals surface area contributed by atoms with E-state index in [2.05, 4.69) is 4.90 Å². The Morgan fingerprint density at radius 1 is 1.58 bits per heavy atom. The molecule has 0 spiro atoms. The molecule has 0 unspecified atom stereocenters. The minimum absolute atomic E-state index is 0.115. The lowest BCUT2D eigenvalue weighted by atomic mass is 10.1. The van der Waals surface area contributed by atoms with Crippen LogP contribution in [0.25, 0.3) is 0 Å². The zero-order valence-corrected chi connectivity index (χ0v) is 7.95. The maximum Gasteiger partial charge on any atom is 0.224 e. The van der Waals surface area contributed by atoms with Crippen molar-refractivity contribution in [1.29, 1.82) is 0 Å². The zero-order valence-electron chi connectivity index (χ0n) is 7.95. The fourth-order valence-electron chi connectivity index (χ4n) is 1.49. The topological polar surface area (TPSA) is 23.6 Å². The van der Waals surface area contributed by atoms with Gasteiger partial charge in [0, 0.05) is 13.1 Å². The van der Waals surface area contributed by atoms with Crippen LogP contribution < -0.4 is 0 Å². The van der Waals surface area contributed by atoms with Gasteiger partial charge < -0.3 is 4.90 Å². The van der Waals surface area contributed by atoms with E-state index in [0.29, 0.717) is 0 Å². The minimum Gasteiger partial charge on any atom is -0.303 e. The molecule has 0 fully saturated rings. The van der Waals surface area contributed by atoms with Crippen molar-refractivity contribution < 1.29 is 4.79 Å². The first-order chi connectivity index (χ1) is 5.63. The second-order valence-corrected chi connectivity index (χ2v) is 3.33. The first kappa shape index (κ1) is 9.26. The van der Waals surface area contributed by atoms with Crippen molar-refractivity contribution in [2.45, 2.75) is 25.9 Å². The molecular weight excluding hydrogens is 152 g/mol. The average Bonchev–Trinajstić information content (AvgIpc) is 2.04. The van der Waals surface area contributed by atoms with Gasteiger partial charge in [0.25, 0.3) is 0 Å². The highest BCUT2D eigenvalue weighted by atomic mass is 16.2. The Morgan fingerprint density at radius 3 is 2.67 bits per heavy atom. The lowest BCUT2D eigenvalue weighted by molar-refractivity contribution is -0.131. The number of nitrogens with zero attached hydrogens (tertiary/aromatic N) is 2. The van der Waals surface area contributed by atoms with Crippen LogP contribution in [0.4, 0.5) is 0 Å². The Balaban J connectivity index is 2.72. The van der Waals surface area contributed by atoms with E-state index in [4.69, 9.17) is 0 Å². The van der Waals surface area contributed by atoms with Crippen molar-refractivity contribution in [3.63, 3.8) is 0 Å². The predicted molar refractivity (Wildman–Crippen MR) is 48.4 cm³/mol. The third kappa shape index (κ3) is 1.85. The van der Waals surface area contributed by atoms with E-state index < -0.39 is 0 Å². The molecule has 68 valence electrons. The van der Waals surface area contributed by atoms with Crippen molar-refractivity contribution in [3.05, 3.63) is 12.3 Å². The van der Waals surface area contributed by atoms with Crippen LogP contribution in [0.1, 0.15) is 19.8 Å². The molecule has 1 aliphatic rings. The van der Waals surface area contributed by atoms with Crippen molar-refractivity contribution in [2.24, 2.45) is 0 Å². The second-order valence-electron chi connectivity index (χ2n) is 3.33. The van der Waals surface area contributed by atoms with E-state index >= 15 is 0 Å². The monoisotopic (exact) mass is 168 g/mol. The lowest BCUT2D eigenvalue weighted by Crippen LogP contribution is -2.45. The van der Waals surface area contributed by atoms with Crippen molar-refractivity contribution in [2.75, 3.05) is 14.1 Å². The van der Waals surface area contributed by atoms with Gasteiger partial charge in [0.1, 0.15) is 0 Å². The molecule has 0 bridgehead atoms. The highest BCUT2D eigenvalue weighted by molar-refractivity contribution is 5.74. The van der Waals surface area contributed by atoms with E-state index in [1.807, 2.05) is 26.4 Å². The number of amides is 1. The van der Waals surface area contributed by atoms with Crippen LogP contribution in [0.15, 0.2) is 12.3 Å². The predicted octanol–water partition coefficient (Wildman–Crippen LogP) is 1.03. The van der Waals surface area contributed by atoms with Gasteiger partial charge in [0.05, 0.1) is 6.17 Å². The Kier molecular flexibility index (Phi) is 2.87. The van der Waals surface area contributed by atoms with Crippen LogP contribution in [0, 0.1) is 0 Å². The molecule has 3 heteroatoms. The van der Waals surface area contributed by atoms with Crippen LogP contribution in [0.3, 0.4) is 0 Å². The summed E-state index contributed by atoms with van der Waals surface area (Å²) >= 11 is 0. The van der Waals surface area contributed by atoms with Crippen molar-refractivity contribution in [3.8, 4) is 0 Å². The van der Waals surface area contributed by atoms with Crippen LogP contribution in [-0.4, -0.2) is 36.0 Å². The van der Waals surface area contributed by atoms with Crippen molar-refractivity contribution in [1.82, 2.24) is 9.80 Å². The Morgan fingerprint density at radius 2 is 2.25 bits per heavy atom. The Bertz CT molecular complexity index is 199. The van der Waals surface area contributed by atoms with Gasteiger partial charge in [0.15, 0.2) is 0 Å². The van der Waals surface area contributed by atoms with Crippen molar-refractivity contribution >= 4 is 5.91 Å². The first-order valence-electron chi connectivity index (χ1n) is 4.25. The van der Waals surface area contributed by atoms with Gasteiger partial charge in [-0.25, -0.2) is 0 Å². The summed E-state index contributed by atoms with van der Waals surface area (Å²) < 4.78 is 0. The summed E-state index contributed by atoms with van der Waals surface area (Å²) in [4.78, 5) is 15.0. The number of allylic oxidation sites excluding steroid dienone is 1. The van der Waals surface area contributed by atoms with Crippen LogP contribution in [0.2, 0.25) is 0 Å². The molecule has 1 rings (SSSR count). The van der Waals surface area contributed by atoms with E-state index in [1.54, 1.807) is 11.8 Å². The molecule has 3 nitrogen and oxygen atoms in total. The number of hydrogen-bond donors (Lipinski definition) is 0. The normalized spacial score (nSPS) is 23.3. The zero-order chi connectivity index (χ0) is 9.14. The summed E-state index contributed by atoms with van der Waals surface area (Å²) in [5, 5.41) is 0. The highest BCUT2D eigenvalue weighted by Crippen LogP contribution is 2.16. The number of rotatable bonds is 1. The van der Waals surface area contributed by atoms with E-state index in [0.717, 1.165) is 12.8 Å². The first-order valence-corrected chi connectivity index (χ1v) is 4.25. The number of carbonyl (C=O) groups is 1. The van der Waals surface area contributed by atoms with Gasteiger partial charge in [-0.2, -0.15) is 0 Å². The summed E-state index contributed by atoms with van der Waals surface area (Å²) in [5.74, 6) is 0.115. The molecule has 12 heavy (non-hydrogen) atoms. The molecule has 0 N–H and O–H groups in total. The molecular formula is C9H16N2O. The molecule has 0 saturated heterocycles. The molecule has 0 saturated carbocycles. The van der Waals surface area contributed by atoms with Gasteiger partial charge in [0.2, 0.25) is 5.91 Å². The van der Waals surface area contributed by atoms with Gasteiger partial charge >= 0.3 is 0 Å². The molecule has 1 amide bonds. The number of hydrogen-bond acceptors (Lipinski definition) is 2. The standard InChI is InChI=1S/C9H16N2O/c1-8(12)11-7-5-4-6-9(11)10(2)3/h5,7,9H,4,6H2,1-3H3/t9-/m1/s1. The molecule has 0 aromatic rings. The molecule has 0 aromatic heterocycles. The van der Waals surface area contributed by atoms with Gasteiger partial charge in [-0.1, -0.05) is 6.08 Å². The summed E-state index contributed by atoms with van der Waals surface area (Å²) in [7, 11) is 4.00. The van der Waals surface area contributed by atoms with E-state index in [-0.39, 0.29) is 12.1 Å². The van der Waals surface area contributed by atoms with Gasteiger partial charge in [-0.3, -0.25) is 9.69 Å². The quantitative estimate of drug-likeness (QED) is 0.584. The fourth-order valence-corrected chi connectivity index (χ4v) is 1.49. The maximum absolute atomic E-state index is 11.2. The summed E-state index contributed by atoms with van der Waals surface area (Å²) in [6.45, 7) is 1.60. The van der Waals surface area contributed by atoms with Crippen LogP contribution in [0.5, 0.6) is 0 Å². The van der Waals surface area contributed by atoms with E-state index in [1.165, 1.54) is 0 Å². The molecule has 0 radical (unpaired) electrons. The summed E-state index contributed by atoms with van der Waals surface area (Å²) in [5.41, 5.74) is 0. The largest absolute Gasteiger partial charge is 0.303 e. The van der Waals surface area contributed by atoms with Crippen LogP contribution >= 0.6 is 0 Å². The molecule has 0 aliphatic carbocycles. The highest BCUT2D eigenvalue weighted by Gasteiger charge is 2.22. The Labute approximate surface area is 73.6 Å². The molecule has 0 aromatic carbocycles. The average molecular weight is 168 g/mol. The smallest absolute Gasteiger partial charge is 0.224 e. The third-order valence-corrected chi connectivity index (χ3v) is 2.14. The third-order valence-electron chi connectivity index (χ3n) is 2.14. The summed E-state index contributed by atoms with van der Waals surface area (Å²) in [6.07, 6.45) is 6.26. The van der Waals surface area contributed by atoms with Crippen LogP contribution in [-0.2, 0) is 4.79 Å². The maximum atomic E-state index is 11.2. The molecule has 1 heterocycles. The molecule has 1 aliphatic heterocycles. The molecule has 1 atom stereocenters. The fraction of sp³-hybridized carbons (Fsp3) is 0.667. The SMILES string of the molecule is CC(=O)N1C=CCC[C@@H]1N(C)C.